The molecule has 0 aliphatic carbocycles. The summed E-state index contributed by atoms with van der Waals surface area (Å²) in [6.07, 6.45) is 28.1. The molecule has 2 N–H and O–H groups in total. The van der Waals surface area contributed by atoms with Gasteiger partial charge in [-0.05, 0) is 85.3 Å². The molecule has 0 spiro atoms. The monoisotopic (exact) mass is 906 g/mol. The van der Waals surface area contributed by atoms with Crippen molar-refractivity contribution in [2.75, 3.05) is 0 Å². The molecule has 0 bridgehead atoms. The van der Waals surface area contributed by atoms with Gasteiger partial charge in [0, 0.05) is 6.07 Å². The van der Waals surface area contributed by atoms with Gasteiger partial charge in [0.05, 0.1) is 4.90 Å². The summed E-state index contributed by atoms with van der Waals surface area (Å²) >= 11 is 0. The molecule has 0 saturated heterocycles. The Kier molecular flexibility index (Phi) is 27.0. The Hall–Kier alpha value is -2.84. The molecule has 0 aliphatic rings. The van der Waals surface area contributed by atoms with Gasteiger partial charge in [-0.1, -0.05) is 160 Å². The van der Waals surface area contributed by atoms with Crippen LogP contribution in [0.5, 0.6) is 34.5 Å². The van der Waals surface area contributed by atoms with Crippen LogP contribution in [-0.2, 0) is 33.1 Å². The van der Waals surface area contributed by atoms with Crippen molar-refractivity contribution < 1.29 is 45.6 Å². The first-order valence-electron chi connectivity index (χ1n) is 21.9. The number of phenols is 1. The van der Waals surface area contributed by atoms with E-state index >= 15 is 0 Å². The van der Waals surface area contributed by atoms with Crippen LogP contribution >= 0.6 is 0 Å². The Morgan fingerprint density at radius 3 is 1.23 bits per heavy atom. The third-order valence-electron chi connectivity index (χ3n) is 10.3. The molecular formula is C48H66CaO10S2. The fourth-order valence-electron chi connectivity index (χ4n) is 6.89. The quantitative estimate of drug-likeness (QED) is 0.0317. The maximum absolute atomic E-state index is 11.5. The average Bonchev–Trinajstić information content (AvgIpc) is 3.21. The van der Waals surface area contributed by atoms with Gasteiger partial charge in [0.15, 0.2) is 0 Å². The van der Waals surface area contributed by atoms with E-state index in [0.29, 0.717) is 11.5 Å². The van der Waals surface area contributed by atoms with Crippen molar-refractivity contribution in [2.45, 2.75) is 165 Å². The van der Waals surface area contributed by atoms with Crippen LogP contribution in [0.3, 0.4) is 0 Å². The van der Waals surface area contributed by atoms with Gasteiger partial charge >= 0.3 is 37.7 Å². The topological polar surface area (TPSA) is 173 Å². The molecule has 0 heterocycles. The second-order valence-corrected chi connectivity index (χ2v) is 18.3. The fourth-order valence-corrected chi connectivity index (χ4v) is 8.14. The van der Waals surface area contributed by atoms with Crippen molar-refractivity contribution in [3.8, 4) is 34.5 Å². The van der Waals surface area contributed by atoms with Crippen molar-refractivity contribution in [3.63, 3.8) is 0 Å². The van der Waals surface area contributed by atoms with Crippen molar-refractivity contribution in [2.24, 2.45) is 0 Å². The normalized spacial score (nSPS) is 11.3. The van der Waals surface area contributed by atoms with E-state index in [1.54, 1.807) is 24.3 Å². The Morgan fingerprint density at radius 1 is 0.492 bits per heavy atom. The van der Waals surface area contributed by atoms with Crippen molar-refractivity contribution >= 4 is 58.0 Å². The van der Waals surface area contributed by atoms with Crippen molar-refractivity contribution in [1.29, 1.82) is 0 Å². The summed E-state index contributed by atoms with van der Waals surface area (Å²) in [5.41, 5.74) is 2.40. The number of ether oxygens (including phenoxy) is 2. The number of unbranched alkanes of at least 4 members (excludes halogenated alkanes) is 18. The van der Waals surface area contributed by atoms with Crippen LogP contribution in [0.1, 0.15) is 153 Å². The van der Waals surface area contributed by atoms with E-state index in [1.165, 1.54) is 151 Å². The molecule has 4 aromatic rings. The van der Waals surface area contributed by atoms with Crippen molar-refractivity contribution in [3.05, 3.63) is 96.1 Å². The molecule has 0 atom stereocenters. The van der Waals surface area contributed by atoms with Crippen LogP contribution in [0.25, 0.3) is 0 Å². The van der Waals surface area contributed by atoms with Crippen molar-refractivity contribution in [1.82, 2.24) is 0 Å². The maximum atomic E-state index is 11.5. The molecule has 332 valence electrons. The first-order chi connectivity index (χ1) is 28.8. The van der Waals surface area contributed by atoms with Crippen LogP contribution in [0.15, 0.2) is 94.7 Å². The van der Waals surface area contributed by atoms with Crippen LogP contribution in [0, 0.1) is 0 Å². The van der Waals surface area contributed by atoms with E-state index in [1.807, 2.05) is 24.3 Å². The summed E-state index contributed by atoms with van der Waals surface area (Å²) in [6, 6.07) is 21.6. The van der Waals surface area contributed by atoms with Gasteiger partial charge in [-0.2, -0.15) is 8.42 Å². The SMILES string of the molecule is CCCCCCCCCCCCc1ccc(Oc2ccc(O)cc2S(=O)(=O)O)cc1.CCCCCCCCCCCCc1ccc(Oc2ccc([O-])cc2S(=O)(=O)[O-])cc1.[Ca+2]. The third-order valence-corrected chi connectivity index (χ3v) is 12.1. The number of hydrogen-bond donors (Lipinski definition) is 2. The molecule has 4 aromatic carbocycles. The molecule has 13 heteroatoms. The van der Waals surface area contributed by atoms with Gasteiger partial charge in [0.25, 0.3) is 10.1 Å². The van der Waals surface area contributed by atoms with Crippen LogP contribution in [0.4, 0.5) is 0 Å². The molecule has 0 saturated carbocycles. The number of benzene rings is 4. The maximum Gasteiger partial charge on any atom is 2.00 e. The summed E-state index contributed by atoms with van der Waals surface area (Å²) in [5.74, 6) is -0.0852. The fraction of sp³-hybridized carbons (Fsp3) is 0.500. The summed E-state index contributed by atoms with van der Waals surface area (Å²) in [6.45, 7) is 4.49. The summed E-state index contributed by atoms with van der Waals surface area (Å²) in [4.78, 5) is -1.10. The van der Waals surface area contributed by atoms with E-state index < -0.39 is 35.8 Å². The number of hydrogen-bond acceptors (Lipinski definition) is 9. The van der Waals surface area contributed by atoms with E-state index in [4.69, 9.17) is 9.47 Å². The summed E-state index contributed by atoms with van der Waals surface area (Å²) in [5, 5.41) is 20.8. The van der Waals surface area contributed by atoms with Gasteiger partial charge in [0.1, 0.15) is 43.8 Å². The predicted octanol–water partition coefficient (Wildman–Crippen LogP) is 12.4. The first-order valence-corrected chi connectivity index (χ1v) is 24.8. The van der Waals surface area contributed by atoms with E-state index in [-0.39, 0.29) is 55.0 Å². The minimum Gasteiger partial charge on any atom is -0.872 e. The molecule has 0 radical (unpaired) electrons. The standard InChI is InChI=1S/2C24H34O5S.Ca/c2*1-2-3-4-5-6-7-8-9-10-11-12-20-13-16-22(17-14-20)29-23-18-15-21(25)19-24(23)30(26,27)28;/h2*13-19,25H,2-12H2,1H3,(H,26,27,28);/q;;+2/p-2. The van der Waals surface area contributed by atoms with E-state index in [0.717, 1.165) is 37.8 Å². The third kappa shape index (κ3) is 22.9. The number of aryl methyl sites for hydroxylation is 2. The minimum atomic E-state index is -4.79. The molecule has 0 aliphatic heterocycles. The Bertz CT molecular complexity index is 1870. The van der Waals surface area contributed by atoms with Crippen LogP contribution in [0.2, 0.25) is 0 Å². The Morgan fingerprint density at radius 2 is 0.852 bits per heavy atom. The average molecular weight is 907 g/mol. The molecule has 0 fully saturated rings. The van der Waals surface area contributed by atoms with E-state index in [2.05, 4.69) is 13.8 Å². The molecule has 0 aromatic heterocycles. The van der Waals surface area contributed by atoms with Gasteiger partial charge in [-0.15, -0.1) is 5.75 Å². The number of rotatable bonds is 28. The summed E-state index contributed by atoms with van der Waals surface area (Å²) in [7, 11) is -9.28. The van der Waals surface area contributed by atoms with E-state index in [9.17, 15) is 36.2 Å². The largest absolute Gasteiger partial charge is 2.00 e. The van der Waals surface area contributed by atoms with Gasteiger partial charge in [0.2, 0.25) is 0 Å². The Balaban J connectivity index is 0.000000413. The smallest absolute Gasteiger partial charge is 0.872 e. The molecule has 0 amide bonds. The van der Waals surface area contributed by atoms with Crippen LogP contribution in [-0.4, -0.2) is 68.8 Å². The van der Waals surface area contributed by atoms with Gasteiger partial charge in [-0.3, -0.25) is 4.55 Å². The molecule has 10 nitrogen and oxygen atoms in total. The first kappa shape index (κ1) is 54.3. The zero-order valence-corrected chi connectivity index (χ0v) is 40.2. The molecule has 4 rings (SSSR count). The predicted molar refractivity (Wildman–Crippen MR) is 242 cm³/mol. The second kappa shape index (κ2) is 30.3. The van der Waals surface area contributed by atoms with Gasteiger partial charge in [-0.25, -0.2) is 8.42 Å². The Labute approximate surface area is 396 Å². The molecule has 0 unspecified atom stereocenters. The summed E-state index contributed by atoms with van der Waals surface area (Å²) < 4.78 is 77.5. The number of aromatic hydroxyl groups is 1. The number of phenolic OH excluding ortho intramolecular Hbond substituents is 1. The molecule has 61 heavy (non-hydrogen) atoms. The zero-order chi connectivity index (χ0) is 43.6. The molecular weight excluding hydrogens is 841 g/mol. The van der Waals surface area contributed by atoms with Crippen LogP contribution < -0.4 is 14.6 Å². The zero-order valence-electron chi connectivity index (χ0n) is 36.3. The minimum absolute atomic E-state index is 0. The second-order valence-electron chi connectivity index (χ2n) is 15.5. The van der Waals surface area contributed by atoms with Gasteiger partial charge < -0.3 is 24.2 Å².